The van der Waals surface area contributed by atoms with E-state index in [2.05, 4.69) is 35.1 Å². The summed E-state index contributed by atoms with van der Waals surface area (Å²) in [6.07, 6.45) is 0.406. The Balaban J connectivity index is 2.41. The van der Waals surface area contributed by atoms with Crippen LogP contribution in [0.25, 0.3) is 0 Å². The van der Waals surface area contributed by atoms with Crippen molar-refractivity contribution in [1.29, 1.82) is 0 Å². The molecule has 1 aromatic carbocycles. The average Bonchev–Trinajstić information content (AvgIpc) is 2.34. The first-order valence-electron chi connectivity index (χ1n) is 6.97. The van der Waals surface area contributed by atoms with Gasteiger partial charge in [0.2, 0.25) is 0 Å². The molecule has 21 heavy (non-hydrogen) atoms. The van der Waals surface area contributed by atoms with Gasteiger partial charge in [0.05, 0.1) is 29.5 Å². The minimum atomic E-state index is -0.660. The minimum absolute atomic E-state index is 0.112. The van der Waals surface area contributed by atoms with Gasteiger partial charge in [0.1, 0.15) is 5.82 Å². The molecule has 2 atom stereocenters. The Labute approximate surface area is 139 Å². The summed E-state index contributed by atoms with van der Waals surface area (Å²) in [5, 5.41) is 13.2. The SMILES string of the molecule is CC(C)CC(C)OCC(O)CNc1c(Cl)cc(F)cc1Br. The molecule has 3 nitrogen and oxygen atoms in total. The van der Waals surface area contributed by atoms with E-state index in [1.165, 1.54) is 12.1 Å². The van der Waals surface area contributed by atoms with Crippen molar-refractivity contribution in [2.24, 2.45) is 5.92 Å². The molecule has 0 aliphatic rings. The van der Waals surface area contributed by atoms with Gasteiger partial charge in [0.25, 0.3) is 0 Å². The van der Waals surface area contributed by atoms with Gasteiger partial charge in [-0.05, 0) is 47.3 Å². The predicted molar refractivity (Wildman–Crippen MR) is 88.5 cm³/mol. The molecule has 0 amide bonds. The molecule has 0 saturated carbocycles. The first-order chi connectivity index (χ1) is 9.79. The van der Waals surface area contributed by atoms with Crippen LogP contribution in [0.4, 0.5) is 10.1 Å². The van der Waals surface area contributed by atoms with Crippen molar-refractivity contribution < 1.29 is 14.2 Å². The summed E-state index contributed by atoms with van der Waals surface area (Å²) in [6, 6.07) is 2.55. The lowest BCUT2D eigenvalue weighted by atomic mass is 10.1. The summed E-state index contributed by atoms with van der Waals surface area (Å²) < 4.78 is 19.2. The van der Waals surface area contributed by atoms with E-state index in [-0.39, 0.29) is 24.3 Å². The molecule has 0 spiro atoms. The first kappa shape index (κ1) is 18.7. The zero-order valence-corrected chi connectivity index (χ0v) is 14.8. The van der Waals surface area contributed by atoms with Crippen molar-refractivity contribution in [3.63, 3.8) is 0 Å². The smallest absolute Gasteiger partial charge is 0.125 e. The minimum Gasteiger partial charge on any atom is -0.389 e. The zero-order valence-electron chi connectivity index (χ0n) is 12.5. The lowest BCUT2D eigenvalue weighted by Crippen LogP contribution is -2.27. The van der Waals surface area contributed by atoms with Crippen LogP contribution < -0.4 is 5.32 Å². The van der Waals surface area contributed by atoms with Crippen molar-refractivity contribution in [3.05, 3.63) is 27.4 Å². The molecular weight excluding hydrogens is 361 g/mol. The van der Waals surface area contributed by atoms with E-state index in [9.17, 15) is 9.50 Å². The Morgan fingerprint density at radius 1 is 1.38 bits per heavy atom. The number of benzene rings is 1. The van der Waals surface area contributed by atoms with E-state index in [1.54, 1.807) is 0 Å². The third kappa shape index (κ3) is 6.96. The molecule has 0 aromatic heterocycles. The number of rotatable bonds is 8. The number of ether oxygens (including phenoxy) is 1. The van der Waals surface area contributed by atoms with Crippen LogP contribution in [0.1, 0.15) is 27.2 Å². The third-order valence-corrected chi connectivity index (χ3v) is 3.82. The number of halogens is 3. The normalized spacial score (nSPS) is 14.3. The summed E-state index contributed by atoms with van der Waals surface area (Å²) in [6.45, 7) is 6.78. The maximum absolute atomic E-state index is 13.1. The molecular formula is C15H22BrClFNO2. The fourth-order valence-corrected chi connectivity index (χ4v) is 2.96. The summed E-state index contributed by atoms with van der Waals surface area (Å²) in [7, 11) is 0. The summed E-state index contributed by atoms with van der Waals surface area (Å²) in [5.74, 6) is 0.146. The number of nitrogens with one attached hydrogen (secondary N) is 1. The van der Waals surface area contributed by atoms with Gasteiger partial charge in [-0.3, -0.25) is 0 Å². The van der Waals surface area contributed by atoms with E-state index in [0.29, 0.717) is 16.1 Å². The quantitative estimate of drug-likeness (QED) is 0.697. The molecule has 0 aliphatic heterocycles. The second-order valence-corrected chi connectivity index (χ2v) is 6.81. The molecule has 2 unspecified atom stereocenters. The number of aliphatic hydroxyl groups is 1. The van der Waals surface area contributed by atoms with E-state index in [4.69, 9.17) is 16.3 Å². The maximum Gasteiger partial charge on any atom is 0.125 e. The Kier molecular flexibility index (Phi) is 7.95. The number of anilines is 1. The van der Waals surface area contributed by atoms with E-state index in [0.717, 1.165) is 6.42 Å². The monoisotopic (exact) mass is 381 g/mol. The average molecular weight is 383 g/mol. The Morgan fingerprint density at radius 3 is 2.62 bits per heavy atom. The molecule has 0 saturated heterocycles. The van der Waals surface area contributed by atoms with E-state index < -0.39 is 11.9 Å². The maximum atomic E-state index is 13.1. The van der Waals surface area contributed by atoms with Crippen LogP contribution in [0.5, 0.6) is 0 Å². The van der Waals surface area contributed by atoms with E-state index >= 15 is 0 Å². The summed E-state index contributed by atoms with van der Waals surface area (Å²) >= 11 is 9.20. The fraction of sp³-hybridized carbons (Fsp3) is 0.600. The molecule has 0 radical (unpaired) electrons. The van der Waals surface area contributed by atoms with Crippen LogP contribution >= 0.6 is 27.5 Å². The highest BCUT2D eigenvalue weighted by Crippen LogP contribution is 2.31. The highest BCUT2D eigenvalue weighted by molar-refractivity contribution is 9.10. The van der Waals surface area contributed by atoms with Crippen LogP contribution in [-0.4, -0.2) is 30.5 Å². The molecule has 0 fully saturated rings. The van der Waals surface area contributed by atoms with Gasteiger partial charge in [-0.25, -0.2) is 4.39 Å². The van der Waals surface area contributed by atoms with Crippen molar-refractivity contribution in [2.45, 2.75) is 39.4 Å². The van der Waals surface area contributed by atoms with Gasteiger partial charge in [-0.2, -0.15) is 0 Å². The Bertz CT molecular complexity index is 436. The van der Waals surface area contributed by atoms with Crippen LogP contribution in [0.15, 0.2) is 16.6 Å². The van der Waals surface area contributed by atoms with Crippen molar-refractivity contribution in [1.82, 2.24) is 0 Å². The van der Waals surface area contributed by atoms with Gasteiger partial charge in [-0.1, -0.05) is 25.4 Å². The van der Waals surface area contributed by atoms with Crippen LogP contribution in [-0.2, 0) is 4.74 Å². The molecule has 120 valence electrons. The molecule has 1 rings (SSSR count). The second-order valence-electron chi connectivity index (χ2n) is 5.55. The van der Waals surface area contributed by atoms with Gasteiger partial charge >= 0.3 is 0 Å². The van der Waals surface area contributed by atoms with Crippen molar-refractivity contribution in [2.75, 3.05) is 18.5 Å². The van der Waals surface area contributed by atoms with Gasteiger partial charge < -0.3 is 15.2 Å². The number of aliphatic hydroxyl groups excluding tert-OH is 1. The standard InChI is InChI=1S/C15H22BrClFNO2/c1-9(2)4-10(3)21-8-12(20)7-19-15-13(16)5-11(18)6-14(15)17/h5-6,9-10,12,19-20H,4,7-8H2,1-3H3. The van der Waals surface area contributed by atoms with Crippen LogP contribution in [0.3, 0.4) is 0 Å². The van der Waals surface area contributed by atoms with Gasteiger partial charge in [0, 0.05) is 11.0 Å². The molecule has 6 heteroatoms. The van der Waals surface area contributed by atoms with Gasteiger partial charge in [-0.15, -0.1) is 0 Å². The lowest BCUT2D eigenvalue weighted by molar-refractivity contribution is -0.00444. The lowest BCUT2D eigenvalue weighted by Gasteiger charge is -2.19. The highest BCUT2D eigenvalue weighted by Gasteiger charge is 2.12. The second kappa shape index (κ2) is 8.93. The molecule has 2 N–H and O–H groups in total. The molecule has 1 aromatic rings. The molecule has 0 bridgehead atoms. The predicted octanol–water partition coefficient (Wildman–Crippen LogP) is 4.47. The molecule has 0 aliphatic carbocycles. The Hall–Kier alpha value is -0.360. The topological polar surface area (TPSA) is 41.5 Å². The largest absolute Gasteiger partial charge is 0.389 e. The summed E-state index contributed by atoms with van der Waals surface area (Å²) in [4.78, 5) is 0. The highest BCUT2D eigenvalue weighted by atomic mass is 79.9. The number of hydrogen-bond acceptors (Lipinski definition) is 3. The van der Waals surface area contributed by atoms with Crippen LogP contribution in [0.2, 0.25) is 5.02 Å². The third-order valence-electron chi connectivity index (χ3n) is 2.90. The summed E-state index contributed by atoms with van der Waals surface area (Å²) in [5.41, 5.74) is 0.562. The van der Waals surface area contributed by atoms with Crippen molar-refractivity contribution >= 4 is 33.2 Å². The zero-order chi connectivity index (χ0) is 16.0. The van der Waals surface area contributed by atoms with E-state index in [1.807, 2.05) is 6.92 Å². The fourth-order valence-electron chi connectivity index (χ4n) is 2.00. The van der Waals surface area contributed by atoms with Crippen molar-refractivity contribution in [3.8, 4) is 0 Å². The first-order valence-corrected chi connectivity index (χ1v) is 8.14. The van der Waals surface area contributed by atoms with Crippen LogP contribution in [0, 0.1) is 11.7 Å². The number of hydrogen-bond donors (Lipinski definition) is 2. The molecule has 0 heterocycles. The Morgan fingerprint density at radius 2 is 2.05 bits per heavy atom. The van der Waals surface area contributed by atoms with Gasteiger partial charge in [0.15, 0.2) is 0 Å².